The fraction of sp³-hybridized carbons (Fsp3) is 0.429. The number of fused-ring (bicyclic) bond motifs is 1. The Kier molecular flexibility index (Phi) is 3.21. The quantitative estimate of drug-likeness (QED) is 0.816. The maximum Gasteiger partial charge on any atom is 0.242 e. The highest BCUT2D eigenvalue weighted by Gasteiger charge is 2.21. The first-order valence-electron chi connectivity index (χ1n) is 6.53. The van der Waals surface area contributed by atoms with Gasteiger partial charge < -0.3 is 14.2 Å². The second kappa shape index (κ2) is 5.01. The zero-order valence-corrected chi connectivity index (χ0v) is 11.0. The molecule has 5 nitrogen and oxygen atoms in total. The number of carbonyl (C=O) groups is 1. The molecular weight excluding hydrogens is 242 g/mol. The first kappa shape index (κ1) is 12.2. The number of carbonyl (C=O) groups excluding carboxylic acids is 1. The van der Waals surface area contributed by atoms with E-state index in [0.717, 1.165) is 11.0 Å². The van der Waals surface area contributed by atoms with Gasteiger partial charge in [-0.25, -0.2) is 4.98 Å². The van der Waals surface area contributed by atoms with Crippen molar-refractivity contribution in [3.8, 4) is 0 Å². The summed E-state index contributed by atoms with van der Waals surface area (Å²) in [6, 6.07) is 7.84. The van der Waals surface area contributed by atoms with Crippen molar-refractivity contribution in [1.29, 1.82) is 0 Å². The van der Waals surface area contributed by atoms with Crippen LogP contribution in [-0.4, -0.2) is 46.2 Å². The maximum atomic E-state index is 12.3. The van der Waals surface area contributed by atoms with Crippen LogP contribution in [0.5, 0.6) is 0 Å². The van der Waals surface area contributed by atoms with Gasteiger partial charge in [0.1, 0.15) is 6.54 Å². The molecule has 1 aromatic heterocycles. The molecule has 19 heavy (non-hydrogen) atoms. The average molecular weight is 259 g/mol. The summed E-state index contributed by atoms with van der Waals surface area (Å²) in [4.78, 5) is 18.4. The highest BCUT2D eigenvalue weighted by molar-refractivity contribution is 5.80. The third kappa shape index (κ3) is 2.46. The number of para-hydroxylation sites is 2. The third-order valence-corrected chi connectivity index (χ3v) is 3.43. The van der Waals surface area contributed by atoms with E-state index in [-0.39, 0.29) is 12.0 Å². The van der Waals surface area contributed by atoms with Crippen molar-refractivity contribution >= 4 is 16.9 Å². The van der Waals surface area contributed by atoms with Crippen LogP contribution in [-0.2, 0) is 16.1 Å². The van der Waals surface area contributed by atoms with Gasteiger partial charge in [-0.3, -0.25) is 4.79 Å². The lowest BCUT2D eigenvalue weighted by molar-refractivity contribution is -0.138. The summed E-state index contributed by atoms with van der Waals surface area (Å²) in [6.45, 7) is 4.30. The van der Waals surface area contributed by atoms with Gasteiger partial charge in [0.25, 0.3) is 0 Å². The Morgan fingerprint density at radius 3 is 3.16 bits per heavy atom. The molecule has 0 spiro atoms. The van der Waals surface area contributed by atoms with E-state index in [4.69, 9.17) is 4.74 Å². The molecule has 2 aromatic rings. The van der Waals surface area contributed by atoms with Gasteiger partial charge in [0.05, 0.1) is 30.1 Å². The van der Waals surface area contributed by atoms with E-state index in [1.165, 1.54) is 0 Å². The van der Waals surface area contributed by atoms with Crippen LogP contribution in [0, 0.1) is 0 Å². The maximum absolute atomic E-state index is 12.3. The van der Waals surface area contributed by atoms with Crippen molar-refractivity contribution in [1.82, 2.24) is 14.5 Å². The van der Waals surface area contributed by atoms with Gasteiger partial charge >= 0.3 is 0 Å². The minimum absolute atomic E-state index is 0.122. The van der Waals surface area contributed by atoms with Crippen molar-refractivity contribution in [2.45, 2.75) is 19.6 Å². The second-order valence-corrected chi connectivity index (χ2v) is 4.88. The monoisotopic (exact) mass is 259 g/mol. The molecule has 3 rings (SSSR count). The van der Waals surface area contributed by atoms with E-state index in [9.17, 15) is 4.79 Å². The summed E-state index contributed by atoms with van der Waals surface area (Å²) in [7, 11) is 0. The van der Waals surface area contributed by atoms with E-state index >= 15 is 0 Å². The number of nitrogens with zero attached hydrogens (tertiary/aromatic N) is 3. The Hall–Kier alpha value is -1.88. The van der Waals surface area contributed by atoms with E-state index in [0.29, 0.717) is 26.2 Å². The Morgan fingerprint density at radius 1 is 1.47 bits per heavy atom. The summed E-state index contributed by atoms with van der Waals surface area (Å²) in [5.41, 5.74) is 1.92. The normalized spacial score (nSPS) is 19.8. The molecule has 1 aliphatic rings. The summed E-state index contributed by atoms with van der Waals surface area (Å²) in [5.74, 6) is 0.123. The van der Waals surface area contributed by atoms with Crippen molar-refractivity contribution in [2.24, 2.45) is 0 Å². The summed E-state index contributed by atoms with van der Waals surface area (Å²) < 4.78 is 7.35. The standard InChI is InChI=1S/C14H17N3O2/c1-11-8-16(6-7-19-11)14(18)9-17-10-15-12-4-2-3-5-13(12)17/h2-5,10-11H,6-9H2,1H3. The van der Waals surface area contributed by atoms with Gasteiger partial charge in [0, 0.05) is 13.1 Å². The van der Waals surface area contributed by atoms with Gasteiger partial charge in [-0.1, -0.05) is 12.1 Å². The first-order valence-corrected chi connectivity index (χ1v) is 6.53. The first-order chi connectivity index (χ1) is 9.24. The fourth-order valence-electron chi connectivity index (χ4n) is 2.43. The molecule has 0 aliphatic carbocycles. The van der Waals surface area contributed by atoms with E-state index in [1.807, 2.05) is 40.7 Å². The molecule has 0 saturated carbocycles. The average Bonchev–Trinajstić information content (AvgIpc) is 2.82. The smallest absolute Gasteiger partial charge is 0.242 e. The van der Waals surface area contributed by atoms with Gasteiger partial charge in [-0.2, -0.15) is 0 Å². The number of ether oxygens (including phenoxy) is 1. The van der Waals surface area contributed by atoms with Crippen LogP contribution in [0.25, 0.3) is 11.0 Å². The highest BCUT2D eigenvalue weighted by atomic mass is 16.5. The molecule has 1 fully saturated rings. The van der Waals surface area contributed by atoms with E-state index < -0.39 is 0 Å². The van der Waals surface area contributed by atoms with Crippen LogP contribution in [0.4, 0.5) is 0 Å². The van der Waals surface area contributed by atoms with E-state index in [1.54, 1.807) is 6.33 Å². The number of hydrogen-bond acceptors (Lipinski definition) is 3. The van der Waals surface area contributed by atoms with Crippen LogP contribution in [0.1, 0.15) is 6.92 Å². The van der Waals surface area contributed by atoms with Crippen LogP contribution in [0.15, 0.2) is 30.6 Å². The minimum atomic E-state index is 0.122. The van der Waals surface area contributed by atoms with Crippen molar-refractivity contribution < 1.29 is 9.53 Å². The number of hydrogen-bond donors (Lipinski definition) is 0. The number of amides is 1. The van der Waals surface area contributed by atoms with E-state index in [2.05, 4.69) is 4.98 Å². The number of imidazole rings is 1. The SMILES string of the molecule is CC1CN(C(=O)Cn2cnc3ccccc32)CCO1. The van der Waals surface area contributed by atoms with Gasteiger partial charge in [0.2, 0.25) is 5.91 Å². The molecule has 1 atom stereocenters. The predicted octanol–water partition coefficient (Wildman–Crippen LogP) is 1.28. The number of morpholine rings is 1. The lowest BCUT2D eigenvalue weighted by Gasteiger charge is -2.31. The third-order valence-electron chi connectivity index (χ3n) is 3.43. The Morgan fingerprint density at radius 2 is 2.32 bits per heavy atom. The van der Waals surface area contributed by atoms with Crippen molar-refractivity contribution in [3.05, 3.63) is 30.6 Å². The molecule has 0 bridgehead atoms. The molecule has 100 valence electrons. The molecule has 5 heteroatoms. The lowest BCUT2D eigenvalue weighted by Crippen LogP contribution is -2.45. The lowest BCUT2D eigenvalue weighted by atomic mass is 10.3. The molecule has 1 aliphatic heterocycles. The molecule has 0 N–H and O–H groups in total. The molecule has 2 heterocycles. The predicted molar refractivity (Wildman–Crippen MR) is 71.7 cm³/mol. The zero-order valence-electron chi connectivity index (χ0n) is 11.0. The van der Waals surface area contributed by atoms with Crippen LogP contribution in [0.2, 0.25) is 0 Å². The fourth-order valence-corrected chi connectivity index (χ4v) is 2.43. The molecular formula is C14H17N3O2. The van der Waals surface area contributed by atoms with Crippen LogP contribution < -0.4 is 0 Å². The van der Waals surface area contributed by atoms with Gasteiger partial charge in [-0.15, -0.1) is 0 Å². The van der Waals surface area contributed by atoms with Gasteiger partial charge in [0.15, 0.2) is 0 Å². The molecule has 1 amide bonds. The second-order valence-electron chi connectivity index (χ2n) is 4.88. The largest absolute Gasteiger partial charge is 0.375 e. The number of rotatable bonds is 2. The number of benzene rings is 1. The van der Waals surface area contributed by atoms with Crippen molar-refractivity contribution in [3.63, 3.8) is 0 Å². The number of aromatic nitrogens is 2. The summed E-state index contributed by atoms with van der Waals surface area (Å²) in [5, 5.41) is 0. The molecule has 1 saturated heterocycles. The van der Waals surface area contributed by atoms with Gasteiger partial charge in [-0.05, 0) is 19.1 Å². The summed E-state index contributed by atoms with van der Waals surface area (Å²) >= 11 is 0. The van der Waals surface area contributed by atoms with Crippen molar-refractivity contribution in [2.75, 3.05) is 19.7 Å². The molecule has 1 unspecified atom stereocenters. The topological polar surface area (TPSA) is 47.4 Å². The molecule has 0 radical (unpaired) electrons. The minimum Gasteiger partial charge on any atom is -0.375 e. The van der Waals surface area contributed by atoms with Crippen LogP contribution in [0.3, 0.4) is 0 Å². The Labute approximate surface area is 111 Å². The molecule has 1 aromatic carbocycles. The Bertz CT molecular complexity index is 593. The highest BCUT2D eigenvalue weighted by Crippen LogP contribution is 2.13. The Balaban J connectivity index is 1.75. The van der Waals surface area contributed by atoms with Crippen LogP contribution >= 0.6 is 0 Å². The zero-order chi connectivity index (χ0) is 13.2. The summed E-state index contributed by atoms with van der Waals surface area (Å²) in [6.07, 6.45) is 1.85.